The van der Waals surface area contributed by atoms with Crippen LogP contribution in [0.4, 0.5) is 0 Å². The topological polar surface area (TPSA) is 29.5 Å². The lowest BCUT2D eigenvalue weighted by atomic mass is 10.1. The standard InChI is InChI=1S/C15H16BrNO2S/c1-17(8-14-7-12(16)10-20-14)9-15(18)11-3-5-13(19-2)6-4-11/h3-7,10H,8-9H2,1-2H3. The number of likely N-dealkylation sites (N-methyl/N-ethyl adjacent to an activating group) is 1. The molecule has 0 radical (unpaired) electrons. The van der Waals surface area contributed by atoms with E-state index in [0.29, 0.717) is 12.1 Å². The van der Waals surface area contributed by atoms with Crippen LogP contribution in [0.3, 0.4) is 0 Å². The summed E-state index contributed by atoms with van der Waals surface area (Å²) in [7, 11) is 3.57. The van der Waals surface area contributed by atoms with Gasteiger partial charge in [-0.15, -0.1) is 11.3 Å². The van der Waals surface area contributed by atoms with Crippen molar-refractivity contribution in [2.24, 2.45) is 0 Å². The number of carbonyl (C=O) groups excluding carboxylic acids is 1. The number of Topliss-reactive ketones (excluding diaryl/α,β-unsaturated/α-hetero) is 1. The summed E-state index contributed by atoms with van der Waals surface area (Å²) in [5, 5.41) is 2.05. The largest absolute Gasteiger partial charge is 0.497 e. The normalized spacial score (nSPS) is 10.8. The molecular weight excluding hydrogens is 338 g/mol. The van der Waals surface area contributed by atoms with E-state index < -0.39 is 0 Å². The molecule has 0 N–H and O–H groups in total. The van der Waals surface area contributed by atoms with E-state index in [1.807, 2.05) is 24.1 Å². The summed E-state index contributed by atoms with van der Waals surface area (Å²) in [5.74, 6) is 0.879. The van der Waals surface area contributed by atoms with E-state index in [1.54, 1.807) is 30.6 Å². The Bertz CT molecular complexity index is 580. The van der Waals surface area contributed by atoms with Gasteiger partial charge in [-0.05, 0) is 53.3 Å². The summed E-state index contributed by atoms with van der Waals surface area (Å²) < 4.78 is 6.18. The molecule has 20 heavy (non-hydrogen) atoms. The fraction of sp³-hybridized carbons (Fsp3) is 0.267. The molecule has 0 aliphatic carbocycles. The summed E-state index contributed by atoms with van der Waals surface area (Å²) in [6.45, 7) is 1.18. The quantitative estimate of drug-likeness (QED) is 0.739. The van der Waals surface area contributed by atoms with Gasteiger partial charge in [0.1, 0.15) is 5.75 Å². The molecule has 0 fully saturated rings. The number of halogens is 1. The van der Waals surface area contributed by atoms with Crippen LogP contribution in [0.5, 0.6) is 5.75 Å². The van der Waals surface area contributed by atoms with Crippen LogP contribution in [-0.4, -0.2) is 31.4 Å². The highest BCUT2D eigenvalue weighted by Gasteiger charge is 2.10. The zero-order valence-electron chi connectivity index (χ0n) is 11.4. The van der Waals surface area contributed by atoms with E-state index in [9.17, 15) is 4.79 Å². The van der Waals surface area contributed by atoms with Gasteiger partial charge in [-0.2, -0.15) is 0 Å². The summed E-state index contributed by atoms with van der Waals surface area (Å²) >= 11 is 5.13. The number of ether oxygens (including phenoxy) is 1. The maximum absolute atomic E-state index is 12.2. The Labute approximate surface area is 131 Å². The Kier molecular flexibility index (Phi) is 5.34. The highest BCUT2D eigenvalue weighted by atomic mass is 79.9. The first kappa shape index (κ1) is 15.2. The molecule has 0 amide bonds. The molecule has 1 heterocycles. The number of rotatable bonds is 6. The summed E-state index contributed by atoms with van der Waals surface area (Å²) in [4.78, 5) is 15.4. The van der Waals surface area contributed by atoms with E-state index in [1.165, 1.54) is 4.88 Å². The Morgan fingerprint density at radius 1 is 1.35 bits per heavy atom. The molecule has 106 valence electrons. The highest BCUT2D eigenvalue weighted by molar-refractivity contribution is 9.10. The van der Waals surface area contributed by atoms with Crippen molar-refractivity contribution >= 4 is 33.0 Å². The SMILES string of the molecule is COc1ccc(C(=O)CN(C)Cc2cc(Br)cs2)cc1. The summed E-state index contributed by atoms with van der Waals surface area (Å²) in [6, 6.07) is 9.31. The minimum absolute atomic E-state index is 0.116. The maximum atomic E-state index is 12.2. The van der Waals surface area contributed by atoms with Crippen molar-refractivity contribution in [3.05, 3.63) is 50.6 Å². The first-order chi connectivity index (χ1) is 9.58. The van der Waals surface area contributed by atoms with Gasteiger partial charge >= 0.3 is 0 Å². The molecule has 2 aromatic rings. The third-order valence-corrected chi connectivity index (χ3v) is 4.56. The minimum atomic E-state index is 0.116. The molecular formula is C15H16BrNO2S. The van der Waals surface area contributed by atoms with Gasteiger partial charge in [0.2, 0.25) is 0 Å². The minimum Gasteiger partial charge on any atom is -0.497 e. The first-order valence-corrected chi connectivity index (χ1v) is 7.84. The molecule has 0 spiro atoms. The molecule has 0 saturated heterocycles. The number of ketones is 1. The van der Waals surface area contributed by atoms with Gasteiger partial charge in [0.25, 0.3) is 0 Å². The van der Waals surface area contributed by atoms with Crippen LogP contribution in [0.25, 0.3) is 0 Å². The van der Waals surface area contributed by atoms with Crippen LogP contribution in [0.1, 0.15) is 15.2 Å². The van der Waals surface area contributed by atoms with Crippen molar-refractivity contribution in [3.63, 3.8) is 0 Å². The molecule has 0 bridgehead atoms. The second kappa shape index (κ2) is 7.02. The lowest BCUT2D eigenvalue weighted by Gasteiger charge is -2.14. The van der Waals surface area contributed by atoms with E-state index >= 15 is 0 Å². The number of carbonyl (C=O) groups is 1. The van der Waals surface area contributed by atoms with Crippen molar-refractivity contribution in [1.82, 2.24) is 4.90 Å². The predicted octanol–water partition coefficient (Wildman–Crippen LogP) is 3.83. The van der Waals surface area contributed by atoms with Crippen molar-refractivity contribution in [2.75, 3.05) is 20.7 Å². The van der Waals surface area contributed by atoms with Gasteiger partial charge in [-0.25, -0.2) is 0 Å². The summed E-state index contributed by atoms with van der Waals surface area (Å²) in [5.41, 5.74) is 0.713. The third kappa shape index (κ3) is 4.16. The Morgan fingerprint density at radius 2 is 2.05 bits per heavy atom. The zero-order chi connectivity index (χ0) is 14.5. The predicted molar refractivity (Wildman–Crippen MR) is 85.7 cm³/mol. The number of hydrogen-bond donors (Lipinski definition) is 0. The Hall–Kier alpha value is -1.17. The average molecular weight is 354 g/mol. The molecule has 3 nitrogen and oxygen atoms in total. The van der Waals surface area contributed by atoms with E-state index in [2.05, 4.69) is 27.4 Å². The number of methoxy groups -OCH3 is 1. The van der Waals surface area contributed by atoms with Gasteiger partial charge in [-0.1, -0.05) is 0 Å². The van der Waals surface area contributed by atoms with Crippen LogP contribution < -0.4 is 4.74 Å². The molecule has 0 unspecified atom stereocenters. The molecule has 5 heteroatoms. The van der Waals surface area contributed by atoms with Crippen molar-refractivity contribution in [3.8, 4) is 5.75 Å². The fourth-order valence-corrected chi connectivity index (χ4v) is 3.40. The molecule has 0 aliphatic heterocycles. The van der Waals surface area contributed by atoms with Crippen LogP contribution in [0.15, 0.2) is 40.2 Å². The van der Waals surface area contributed by atoms with E-state index in [4.69, 9.17) is 4.74 Å². The molecule has 2 rings (SSSR count). The van der Waals surface area contributed by atoms with Crippen LogP contribution in [-0.2, 0) is 6.54 Å². The van der Waals surface area contributed by atoms with Gasteiger partial charge < -0.3 is 4.74 Å². The Balaban J connectivity index is 1.92. The van der Waals surface area contributed by atoms with E-state index in [0.717, 1.165) is 16.8 Å². The van der Waals surface area contributed by atoms with Crippen molar-refractivity contribution < 1.29 is 9.53 Å². The number of benzene rings is 1. The number of nitrogens with zero attached hydrogens (tertiary/aromatic N) is 1. The Morgan fingerprint density at radius 3 is 2.60 bits per heavy atom. The first-order valence-electron chi connectivity index (χ1n) is 6.17. The number of hydrogen-bond acceptors (Lipinski definition) is 4. The third-order valence-electron chi connectivity index (χ3n) is 2.87. The van der Waals surface area contributed by atoms with Crippen molar-refractivity contribution in [1.29, 1.82) is 0 Å². The van der Waals surface area contributed by atoms with Crippen LogP contribution >= 0.6 is 27.3 Å². The van der Waals surface area contributed by atoms with Gasteiger partial charge in [0.15, 0.2) is 5.78 Å². The monoisotopic (exact) mass is 353 g/mol. The molecule has 0 aliphatic rings. The zero-order valence-corrected chi connectivity index (χ0v) is 13.8. The van der Waals surface area contributed by atoms with Crippen LogP contribution in [0, 0.1) is 0 Å². The van der Waals surface area contributed by atoms with Crippen LogP contribution in [0.2, 0.25) is 0 Å². The average Bonchev–Trinajstić information content (AvgIpc) is 2.84. The lowest BCUT2D eigenvalue weighted by molar-refractivity contribution is 0.0943. The smallest absolute Gasteiger partial charge is 0.176 e. The second-order valence-electron chi connectivity index (χ2n) is 4.56. The van der Waals surface area contributed by atoms with E-state index in [-0.39, 0.29) is 5.78 Å². The van der Waals surface area contributed by atoms with Gasteiger partial charge in [-0.3, -0.25) is 9.69 Å². The second-order valence-corrected chi connectivity index (χ2v) is 6.47. The molecule has 0 saturated carbocycles. The van der Waals surface area contributed by atoms with Crippen molar-refractivity contribution in [2.45, 2.75) is 6.54 Å². The highest BCUT2D eigenvalue weighted by Crippen LogP contribution is 2.21. The maximum Gasteiger partial charge on any atom is 0.176 e. The number of thiophene rings is 1. The lowest BCUT2D eigenvalue weighted by Crippen LogP contribution is -2.25. The molecule has 1 aromatic carbocycles. The van der Waals surface area contributed by atoms with Gasteiger partial charge in [0.05, 0.1) is 13.7 Å². The fourth-order valence-electron chi connectivity index (χ4n) is 1.87. The van der Waals surface area contributed by atoms with Gasteiger partial charge in [0, 0.05) is 26.8 Å². The summed E-state index contributed by atoms with van der Waals surface area (Å²) in [6.07, 6.45) is 0. The molecule has 0 atom stereocenters. The molecule has 1 aromatic heterocycles.